The third-order valence-corrected chi connectivity index (χ3v) is 4.61. The van der Waals surface area contributed by atoms with E-state index in [-0.39, 0.29) is 6.04 Å². The summed E-state index contributed by atoms with van der Waals surface area (Å²) in [5.41, 5.74) is 8.72. The van der Waals surface area contributed by atoms with Gasteiger partial charge in [0, 0.05) is 12.2 Å². The maximum atomic E-state index is 6.50. The second-order valence-corrected chi connectivity index (χ2v) is 6.20. The lowest BCUT2D eigenvalue weighted by Gasteiger charge is -2.20. The van der Waals surface area contributed by atoms with Crippen molar-refractivity contribution in [1.82, 2.24) is 9.78 Å². The van der Waals surface area contributed by atoms with Crippen molar-refractivity contribution in [2.45, 2.75) is 51.0 Å². The van der Waals surface area contributed by atoms with E-state index in [1.807, 2.05) is 29.1 Å². The number of nitrogens with two attached hydrogens (primary N) is 1. The van der Waals surface area contributed by atoms with E-state index < -0.39 is 0 Å². The molecule has 1 atom stereocenters. The summed E-state index contributed by atoms with van der Waals surface area (Å²) in [6.07, 6.45) is 11.2. The number of para-hydroxylation sites is 1. The molecular weight excluding hydrogens is 258 g/mol. The molecule has 2 N–H and O–H groups in total. The first-order chi connectivity index (χ1) is 10.3. The number of rotatable bonds is 4. The smallest absolute Gasteiger partial charge is 0.0649 e. The average Bonchev–Trinajstić information content (AvgIpc) is 2.87. The molecule has 3 nitrogen and oxygen atoms in total. The molecule has 0 spiro atoms. The lowest BCUT2D eigenvalue weighted by atomic mass is 9.91. The van der Waals surface area contributed by atoms with Crippen molar-refractivity contribution in [2.75, 3.05) is 0 Å². The summed E-state index contributed by atoms with van der Waals surface area (Å²) in [6, 6.07) is 12.4. The predicted octanol–water partition coefficient (Wildman–Crippen LogP) is 4.23. The van der Waals surface area contributed by atoms with Gasteiger partial charge in [0.15, 0.2) is 0 Å². The normalized spacial score (nSPS) is 18.3. The molecule has 1 aliphatic rings. The molecule has 0 saturated heterocycles. The minimum Gasteiger partial charge on any atom is -0.323 e. The van der Waals surface area contributed by atoms with Crippen LogP contribution in [0.4, 0.5) is 0 Å². The van der Waals surface area contributed by atoms with Gasteiger partial charge in [-0.1, -0.05) is 56.7 Å². The van der Waals surface area contributed by atoms with Gasteiger partial charge in [-0.15, -0.1) is 0 Å². The lowest BCUT2D eigenvalue weighted by molar-refractivity contribution is 0.386. The van der Waals surface area contributed by atoms with E-state index in [4.69, 9.17) is 5.73 Å². The van der Waals surface area contributed by atoms with Crippen molar-refractivity contribution in [3.8, 4) is 5.69 Å². The van der Waals surface area contributed by atoms with E-state index >= 15 is 0 Å². The topological polar surface area (TPSA) is 43.8 Å². The molecule has 1 aliphatic carbocycles. The zero-order valence-electron chi connectivity index (χ0n) is 12.6. The van der Waals surface area contributed by atoms with Crippen molar-refractivity contribution in [3.63, 3.8) is 0 Å². The van der Waals surface area contributed by atoms with Crippen LogP contribution in [0.1, 0.15) is 56.7 Å². The van der Waals surface area contributed by atoms with Crippen molar-refractivity contribution in [3.05, 3.63) is 48.3 Å². The fourth-order valence-corrected chi connectivity index (χ4v) is 3.46. The standard InChI is InChI=1S/C18H25N3/c19-17(14-15-8-4-1-2-5-9-15)18-12-13-20-21(18)16-10-6-3-7-11-16/h3,6-7,10-13,15,17H,1-2,4-5,8-9,14,19H2. The molecule has 112 valence electrons. The first-order valence-corrected chi connectivity index (χ1v) is 8.19. The van der Waals surface area contributed by atoms with Gasteiger partial charge < -0.3 is 5.73 Å². The Morgan fingerprint density at radius 3 is 2.48 bits per heavy atom. The zero-order chi connectivity index (χ0) is 14.5. The van der Waals surface area contributed by atoms with Crippen LogP contribution in [0.3, 0.4) is 0 Å². The molecule has 2 aromatic rings. The van der Waals surface area contributed by atoms with E-state index in [0.29, 0.717) is 0 Å². The number of hydrogen-bond acceptors (Lipinski definition) is 2. The molecular formula is C18H25N3. The van der Waals surface area contributed by atoms with Gasteiger partial charge in [0.05, 0.1) is 11.4 Å². The maximum Gasteiger partial charge on any atom is 0.0649 e. The van der Waals surface area contributed by atoms with E-state index in [0.717, 1.165) is 23.7 Å². The first kappa shape index (κ1) is 14.3. The highest BCUT2D eigenvalue weighted by atomic mass is 15.3. The highest BCUT2D eigenvalue weighted by Crippen LogP contribution is 2.30. The Labute approximate surface area is 127 Å². The Balaban J connectivity index is 1.73. The van der Waals surface area contributed by atoms with Crippen molar-refractivity contribution in [1.29, 1.82) is 0 Å². The molecule has 0 bridgehead atoms. The van der Waals surface area contributed by atoms with Crippen LogP contribution in [0.15, 0.2) is 42.6 Å². The van der Waals surface area contributed by atoms with Crippen LogP contribution in [-0.2, 0) is 0 Å². The third-order valence-electron chi connectivity index (χ3n) is 4.61. The van der Waals surface area contributed by atoms with Crippen LogP contribution in [0.25, 0.3) is 5.69 Å². The Bertz CT molecular complexity index is 539. The first-order valence-electron chi connectivity index (χ1n) is 8.19. The van der Waals surface area contributed by atoms with E-state index in [9.17, 15) is 0 Å². The maximum absolute atomic E-state index is 6.50. The second kappa shape index (κ2) is 6.90. The molecule has 1 fully saturated rings. The molecule has 1 heterocycles. The number of nitrogens with zero attached hydrogens (tertiary/aromatic N) is 2. The lowest BCUT2D eigenvalue weighted by Crippen LogP contribution is -2.19. The minimum atomic E-state index is 0.0795. The molecule has 1 aromatic carbocycles. The SMILES string of the molecule is NC(CC1CCCCCC1)c1ccnn1-c1ccccc1. The predicted molar refractivity (Wildman–Crippen MR) is 86.3 cm³/mol. The average molecular weight is 283 g/mol. The summed E-state index contributed by atoms with van der Waals surface area (Å²) < 4.78 is 1.99. The largest absolute Gasteiger partial charge is 0.323 e. The molecule has 0 radical (unpaired) electrons. The second-order valence-electron chi connectivity index (χ2n) is 6.20. The Kier molecular flexibility index (Phi) is 4.71. The van der Waals surface area contributed by atoms with E-state index in [2.05, 4.69) is 23.3 Å². The molecule has 21 heavy (non-hydrogen) atoms. The molecule has 1 saturated carbocycles. The molecule has 1 aromatic heterocycles. The number of benzene rings is 1. The molecule has 3 rings (SSSR count). The summed E-state index contributed by atoms with van der Waals surface area (Å²) in [4.78, 5) is 0. The molecule has 3 heteroatoms. The van der Waals surface area contributed by atoms with Gasteiger partial charge in [-0.25, -0.2) is 4.68 Å². The van der Waals surface area contributed by atoms with Crippen LogP contribution in [-0.4, -0.2) is 9.78 Å². The summed E-state index contributed by atoms with van der Waals surface area (Å²) in [6.45, 7) is 0. The highest BCUT2D eigenvalue weighted by Gasteiger charge is 2.19. The monoisotopic (exact) mass is 283 g/mol. The van der Waals surface area contributed by atoms with Gasteiger partial charge in [0.1, 0.15) is 0 Å². The van der Waals surface area contributed by atoms with E-state index in [1.165, 1.54) is 38.5 Å². The quantitative estimate of drug-likeness (QED) is 0.853. The van der Waals surface area contributed by atoms with E-state index in [1.54, 1.807) is 0 Å². The van der Waals surface area contributed by atoms with Gasteiger partial charge in [-0.05, 0) is 30.5 Å². The van der Waals surface area contributed by atoms with Gasteiger partial charge in [-0.3, -0.25) is 0 Å². The van der Waals surface area contributed by atoms with Crippen molar-refractivity contribution < 1.29 is 0 Å². The molecule has 1 unspecified atom stereocenters. The summed E-state index contributed by atoms with van der Waals surface area (Å²) in [5, 5.41) is 4.46. The van der Waals surface area contributed by atoms with Gasteiger partial charge >= 0.3 is 0 Å². The van der Waals surface area contributed by atoms with Crippen LogP contribution in [0.5, 0.6) is 0 Å². The van der Waals surface area contributed by atoms with Gasteiger partial charge in [-0.2, -0.15) is 5.10 Å². The highest BCUT2D eigenvalue weighted by molar-refractivity contribution is 5.33. The fraction of sp³-hybridized carbons (Fsp3) is 0.500. The number of hydrogen-bond donors (Lipinski definition) is 1. The zero-order valence-corrected chi connectivity index (χ0v) is 12.6. The van der Waals surface area contributed by atoms with Crippen LogP contribution in [0.2, 0.25) is 0 Å². The van der Waals surface area contributed by atoms with Crippen LogP contribution >= 0.6 is 0 Å². The Morgan fingerprint density at radius 1 is 1.05 bits per heavy atom. The van der Waals surface area contributed by atoms with Crippen molar-refractivity contribution >= 4 is 0 Å². The Hall–Kier alpha value is -1.61. The summed E-state index contributed by atoms with van der Waals surface area (Å²) >= 11 is 0. The third kappa shape index (κ3) is 3.53. The van der Waals surface area contributed by atoms with Gasteiger partial charge in [0.2, 0.25) is 0 Å². The van der Waals surface area contributed by atoms with Crippen LogP contribution in [0, 0.1) is 5.92 Å². The van der Waals surface area contributed by atoms with Gasteiger partial charge in [0.25, 0.3) is 0 Å². The Morgan fingerprint density at radius 2 is 1.76 bits per heavy atom. The molecule has 0 amide bonds. The summed E-state index contributed by atoms with van der Waals surface area (Å²) in [7, 11) is 0. The van der Waals surface area contributed by atoms with Crippen molar-refractivity contribution in [2.24, 2.45) is 11.7 Å². The van der Waals surface area contributed by atoms with Crippen LogP contribution < -0.4 is 5.73 Å². The minimum absolute atomic E-state index is 0.0795. The molecule has 0 aliphatic heterocycles. The number of aromatic nitrogens is 2. The summed E-state index contributed by atoms with van der Waals surface area (Å²) in [5.74, 6) is 0.779. The fourth-order valence-electron chi connectivity index (χ4n) is 3.46.